The Kier molecular flexibility index (Phi) is 4.10. The van der Waals surface area contributed by atoms with E-state index in [0.717, 1.165) is 5.56 Å². The fraction of sp³-hybridized carbons (Fsp3) is 0. The van der Waals surface area contributed by atoms with Crippen LogP contribution in [-0.4, -0.2) is 22.2 Å². The Balaban J connectivity index is 2.04. The van der Waals surface area contributed by atoms with Gasteiger partial charge in [-0.05, 0) is 35.9 Å². The molecule has 0 fully saturated rings. The molecular weight excluding hydrogens is 266 g/mol. The summed E-state index contributed by atoms with van der Waals surface area (Å²) in [4.78, 5) is 15.6. The number of halogens is 1. The average Bonchev–Trinajstić information content (AvgIpc) is 2.39. The number of aromatic nitrogens is 1. The fourth-order valence-corrected chi connectivity index (χ4v) is 1.54. The molecule has 1 amide bonds. The molecule has 0 saturated carbocycles. The van der Waals surface area contributed by atoms with E-state index in [2.05, 4.69) is 15.5 Å². The highest BCUT2D eigenvalue weighted by atomic mass is 35.5. The number of hydrazone groups is 1. The molecule has 96 valence electrons. The number of hydrogen-bond acceptors (Lipinski definition) is 4. The van der Waals surface area contributed by atoms with E-state index in [1.807, 2.05) is 0 Å². The van der Waals surface area contributed by atoms with Crippen LogP contribution in [0.15, 0.2) is 47.8 Å². The largest absolute Gasteiger partial charge is 0.507 e. The summed E-state index contributed by atoms with van der Waals surface area (Å²) in [5.41, 5.74) is 3.22. The second kappa shape index (κ2) is 5.97. The van der Waals surface area contributed by atoms with Crippen molar-refractivity contribution in [3.05, 3.63) is 58.9 Å². The molecule has 0 radical (unpaired) electrons. The first-order chi connectivity index (χ1) is 9.16. The predicted molar refractivity (Wildman–Crippen MR) is 72.4 cm³/mol. The van der Waals surface area contributed by atoms with Gasteiger partial charge >= 0.3 is 0 Å². The monoisotopic (exact) mass is 275 g/mol. The lowest BCUT2D eigenvalue weighted by atomic mass is 10.2. The number of hydrogen-bond donors (Lipinski definition) is 2. The van der Waals surface area contributed by atoms with Crippen molar-refractivity contribution in [2.24, 2.45) is 5.10 Å². The smallest absolute Gasteiger partial charge is 0.275 e. The van der Waals surface area contributed by atoms with Crippen LogP contribution in [0.4, 0.5) is 0 Å². The Hall–Kier alpha value is -2.40. The minimum Gasteiger partial charge on any atom is -0.507 e. The second-order valence-corrected chi connectivity index (χ2v) is 4.08. The van der Waals surface area contributed by atoms with Gasteiger partial charge < -0.3 is 5.11 Å². The minimum absolute atomic E-state index is 0.108. The third-order valence-electron chi connectivity index (χ3n) is 2.29. The van der Waals surface area contributed by atoms with Crippen LogP contribution in [0.5, 0.6) is 5.75 Å². The molecule has 2 aromatic rings. The highest BCUT2D eigenvalue weighted by molar-refractivity contribution is 6.30. The molecule has 0 atom stereocenters. The molecule has 2 N–H and O–H groups in total. The molecule has 1 aromatic heterocycles. The van der Waals surface area contributed by atoms with Gasteiger partial charge in [-0.15, -0.1) is 0 Å². The van der Waals surface area contributed by atoms with Crippen LogP contribution in [0.1, 0.15) is 15.9 Å². The van der Waals surface area contributed by atoms with Crippen LogP contribution >= 0.6 is 11.6 Å². The van der Waals surface area contributed by atoms with Gasteiger partial charge in [0.15, 0.2) is 0 Å². The first kappa shape index (κ1) is 13.0. The number of rotatable bonds is 3. The third-order valence-corrected chi connectivity index (χ3v) is 2.53. The van der Waals surface area contributed by atoms with Crippen LogP contribution in [0.3, 0.4) is 0 Å². The molecule has 0 aliphatic rings. The molecule has 0 unspecified atom stereocenters. The predicted octanol–water partition coefficient (Wildman–Crippen LogP) is 2.20. The number of nitrogens with zero attached hydrogens (tertiary/aromatic N) is 2. The SMILES string of the molecule is O=C(N/N=C/c1ccncc1)c1ccc(Cl)cc1O. The molecule has 2 rings (SSSR count). The number of aromatic hydroxyl groups is 1. The van der Waals surface area contributed by atoms with Gasteiger partial charge in [-0.3, -0.25) is 9.78 Å². The third kappa shape index (κ3) is 3.53. The number of nitrogens with one attached hydrogen (secondary N) is 1. The second-order valence-electron chi connectivity index (χ2n) is 3.64. The van der Waals surface area contributed by atoms with Gasteiger partial charge in [0, 0.05) is 17.4 Å². The summed E-state index contributed by atoms with van der Waals surface area (Å²) in [6.07, 6.45) is 4.72. The minimum atomic E-state index is -0.514. The van der Waals surface area contributed by atoms with Crippen molar-refractivity contribution in [2.75, 3.05) is 0 Å². The number of phenolic OH excluding ortho intramolecular Hbond substituents is 1. The summed E-state index contributed by atoms with van der Waals surface area (Å²) in [6.45, 7) is 0. The van der Waals surface area contributed by atoms with Crippen molar-refractivity contribution in [2.45, 2.75) is 0 Å². The number of amides is 1. The highest BCUT2D eigenvalue weighted by Crippen LogP contribution is 2.21. The van der Waals surface area contributed by atoms with Gasteiger partial charge in [0.1, 0.15) is 5.75 Å². The molecule has 0 spiro atoms. The number of phenols is 1. The lowest BCUT2D eigenvalue weighted by Crippen LogP contribution is -2.17. The molecule has 6 heteroatoms. The summed E-state index contributed by atoms with van der Waals surface area (Å²) >= 11 is 5.68. The zero-order valence-electron chi connectivity index (χ0n) is 9.75. The molecule has 0 aliphatic carbocycles. The molecule has 19 heavy (non-hydrogen) atoms. The lowest BCUT2D eigenvalue weighted by Gasteiger charge is -2.02. The zero-order valence-corrected chi connectivity index (χ0v) is 10.5. The zero-order chi connectivity index (χ0) is 13.7. The maximum Gasteiger partial charge on any atom is 0.275 e. The molecule has 1 heterocycles. The van der Waals surface area contributed by atoms with E-state index in [1.165, 1.54) is 24.4 Å². The van der Waals surface area contributed by atoms with Crippen molar-refractivity contribution >= 4 is 23.7 Å². The Morgan fingerprint density at radius 2 is 2.05 bits per heavy atom. The summed E-state index contributed by atoms with van der Waals surface area (Å²) in [5, 5.41) is 13.7. The van der Waals surface area contributed by atoms with Crippen LogP contribution in [-0.2, 0) is 0 Å². The van der Waals surface area contributed by atoms with E-state index in [-0.39, 0.29) is 11.3 Å². The quantitative estimate of drug-likeness (QED) is 0.666. The van der Waals surface area contributed by atoms with E-state index in [9.17, 15) is 9.90 Å². The first-order valence-electron chi connectivity index (χ1n) is 5.39. The van der Waals surface area contributed by atoms with Crippen LogP contribution in [0.25, 0.3) is 0 Å². The van der Waals surface area contributed by atoms with Gasteiger partial charge in [-0.25, -0.2) is 5.43 Å². The van der Waals surface area contributed by atoms with E-state index < -0.39 is 5.91 Å². The topological polar surface area (TPSA) is 74.6 Å². The molecular formula is C13H10ClN3O2. The van der Waals surface area contributed by atoms with Crippen molar-refractivity contribution < 1.29 is 9.90 Å². The first-order valence-corrected chi connectivity index (χ1v) is 5.76. The van der Waals surface area contributed by atoms with E-state index in [4.69, 9.17) is 11.6 Å². The van der Waals surface area contributed by atoms with Crippen molar-refractivity contribution in [1.29, 1.82) is 0 Å². The molecule has 5 nitrogen and oxygen atoms in total. The molecule has 0 bridgehead atoms. The Morgan fingerprint density at radius 1 is 1.32 bits per heavy atom. The highest BCUT2D eigenvalue weighted by Gasteiger charge is 2.10. The number of pyridine rings is 1. The maximum absolute atomic E-state index is 11.7. The van der Waals surface area contributed by atoms with Gasteiger partial charge in [-0.2, -0.15) is 5.10 Å². The van der Waals surface area contributed by atoms with E-state index in [0.29, 0.717) is 5.02 Å². The van der Waals surface area contributed by atoms with Crippen LogP contribution in [0, 0.1) is 0 Å². The van der Waals surface area contributed by atoms with Gasteiger partial charge in [0.05, 0.1) is 11.8 Å². The van der Waals surface area contributed by atoms with Crippen molar-refractivity contribution in [3.63, 3.8) is 0 Å². The Morgan fingerprint density at radius 3 is 2.74 bits per heavy atom. The molecule has 0 saturated heterocycles. The summed E-state index contributed by atoms with van der Waals surface area (Å²) in [5.74, 6) is -0.705. The molecule has 0 aliphatic heterocycles. The summed E-state index contributed by atoms with van der Waals surface area (Å²) in [6, 6.07) is 7.73. The van der Waals surface area contributed by atoms with Gasteiger partial charge in [0.2, 0.25) is 0 Å². The number of carbonyl (C=O) groups excluding carboxylic acids is 1. The van der Waals surface area contributed by atoms with Crippen molar-refractivity contribution in [1.82, 2.24) is 10.4 Å². The maximum atomic E-state index is 11.7. The van der Waals surface area contributed by atoms with Crippen molar-refractivity contribution in [3.8, 4) is 5.75 Å². The Bertz CT molecular complexity index is 615. The lowest BCUT2D eigenvalue weighted by molar-refractivity contribution is 0.0952. The van der Waals surface area contributed by atoms with Gasteiger partial charge in [0.25, 0.3) is 5.91 Å². The van der Waals surface area contributed by atoms with Crippen LogP contribution in [0.2, 0.25) is 5.02 Å². The molecule has 1 aromatic carbocycles. The number of benzene rings is 1. The number of carbonyl (C=O) groups is 1. The standard InChI is InChI=1S/C13H10ClN3O2/c14-10-1-2-11(12(18)7-10)13(19)17-16-8-9-3-5-15-6-4-9/h1-8,18H,(H,17,19)/b16-8+. The Labute approximate surface area is 114 Å². The summed E-state index contributed by atoms with van der Waals surface area (Å²) < 4.78 is 0. The normalized spacial score (nSPS) is 10.6. The van der Waals surface area contributed by atoms with E-state index in [1.54, 1.807) is 24.5 Å². The summed E-state index contributed by atoms with van der Waals surface area (Å²) in [7, 11) is 0. The van der Waals surface area contributed by atoms with Crippen LogP contribution < -0.4 is 5.43 Å². The van der Waals surface area contributed by atoms with Gasteiger partial charge in [-0.1, -0.05) is 11.6 Å². The fourth-order valence-electron chi connectivity index (χ4n) is 1.37. The average molecular weight is 276 g/mol. The van der Waals surface area contributed by atoms with E-state index >= 15 is 0 Å².